The third-order valence-electron chi connectivity index (χ3n) is 5.05. The van der Waals surface area contributed by atoms with Gasteiger partial charge in [-0.2, -0.15) is 0 Å². The highest BCUT2D eigenvalue weighted by Crippen LogP contribution is 2.23. The molecule has 8 heteroatoms. The fraction of sp³-hybridized carbons (Fsp3) is 0.250. The van der Waals surface area contributed by atoms with Crippen molar-refractivity contribution in [3.8, 4) is 0 Å². The molecule has 2 N–H and O–H groups in total. The van der Waals surface area contributed by atoms with Gasteiger partial charge in [0.1, 0.15) is 5.69 Å². The molecule has 0 aliphatic carbocycles. The minimum absolute atomic E-state index is 0.00189. The number of rotatable bonds is 4. The number of benzene rings is 2. The molecule has 1 saturated heterocycles. The highest BCUT2D eigenvalue weighted by atomic mass is 16.6. The number of aromatic amines is 1. The number of piperazine rings is 1. The minimum atomic E-state index is -0.450. The number of carbonyl (C=O) groups excluding carboxylic acids is 1. The summed E-state index contributed by atoms with van der Waals surface area (Å²) in [5, 5.41) is 14.4. The van der Waals surface area contributed by atoms with Gasteiger partial charge in [0.25, 0.3) is 11.6 Å². The lowest BCUT2D eigenvalue weighted by molar-refractivity contribution is -0.384. The minimum Gasteiger partial charge on any atom is -0.369 e. The van der Waals surface area contributed by atoms with E-state index in [0.29, 0.717) is 22.3 Å². The Morgan fingerprint density at radius 2 is 1.79 bits per heavy atom. The van der Waals surface area contributed by atoms with Crippen LogP contribution in [0.3, 0.4) is 0 Å². The number of likely N-dealkylation sites (N-methyl/N-ethyl adjacent to an activating group) is 1. The van der Waals surface area contributed by atoms with Crippen LogP contribution in [-0.4, -0.2) is 53.9 Å². The molecule has 0 radical (unpaired) electrons. The van der Waals surface area contributed by atoms with Crippen LogP contribution in [0.1, 0.15) is 10.5 Å². The third kappa shape index (κ3) is 3.67. The summed E-state index contributed by atoms with van der Waals surface area (Å²) in [6.07, 6.45) is 0. The summed E-state index contributed by atoms with van der Waals surface area (Å²) in [4.78, 5) is 30.6. The first-order valence-corrected chi connectivity index (χ1v) is 9.12. The number of fused-ring (bicyclic) bond motifs is 1. The molecule has 1 amide bonds. The largest absolute Gasteiger partial charge is 0.369 e. The van der Waals surface area contributed by atoms with E-state index in [9.17, 15) is 14.9 Å². The highest BCUT2D eigenvalue weighted by Gasteiger charge is 2.15. The Morgan fingerprint density at radius 1 is 1.07 bits per heavy atom. The molecule has 1 aliphatic heterocycles. The predicted molar refractivity (Wildman–Crippen MR) is 109 cm³/mol. The van der Waals surface area contributed by atoms with E-state index in [0.717, 1.165) is 31.9 Å². The number of nitro groups is 1. The lowest BCUT2D eigenvalue weighted by Gasteiger charge is -2.34. The lowest BCUT2D eigenvalue weighted by Crippen LogP contribution is -2.44. The molecule has 0 atom stereocenters. The van der Waals surface area contributed by atoms with E-state index < -0.39 is 4.92 Å². The van der Waals surface area contributed by atoms with Gasteiger partial charge in [-0.15, -0.1) is 0 Å². The van der Waals surface area contributed by atoms with E-state index in [4.69, 9.17) is 0 Å². The van der Waals surface area contributed by atoms with Gasteiger partial charge in [0.2, 0.25) is 0 Å². The second-order valence-corrected chi connectivity index (χ2v) is 7.00. The first kappa shape index (κ1) is 18.0. The van der Waals surface area contributed by atoms with Crippen LogP contribution in [0.2, 0.25) is 0 Å². The molecular weight excluding hydrogens is 358 g/mol. The van der Waals surface area contributed by atoms with Crippen molar-refractivity contribution in [3.63, 3.8) is 0 Å². The Labute approximate surface area is 161 Å². The van der Waals surface area contributed by atoms with E-state index >= 15 is 0 Å². The van der Waals surface area contributed by atoms with Crippen molar-refractivity contribution in [2.24, 2.45) is 0 Å². The van der Waals surface area contributed by atoms with Crippen molar-refractivity contribution in [2.45, 2.75) is 0 Å². The number of nitrogens with one attached hydrogen (secondary N) is 2. The smallest absolute Gasteiger partial charge is 0.272 e. The van der Waals surface area contributed by atoms with Crippen LogP contribution in [0, 0.1) is 10.1 Å². The van der Waals surface area contributed by atoms with E-state index in [1.165, 1.54) is 12.1 Å². The molecule has 2 heterocycles. The quantitative estimate of drug-likeness (QED) is 0.537. The number of hydrogen-bond donors (Lipinski definition) is 2. The predicted octanol–water partition coefficient (Wildman–Crippen LogP) is 3.08. The topological polar surface area (TPSA) is 94.5 Å². The van der Waals surface area contributed by atoms with Crippen molar-refractivity contribution in [2.75, 3.05) is 43.4 Å². The Morgan fingerprint density at radius 3 is 2.46 bits per heavy atom. The van der Waals surface area contributed by atoms with Gasteiger partial charge < -0.3 is 20.1 Å². The Hall–Kier alpha value is -3.39. The van der Waals surface area contributed by atoms with Crippen molar-refractivity contribution in [1.29, 1.82) is 0 Å². The molecule has 28 heavy (non-hydrogen) atoms. The van der Waals surface area contributed by atoms with Gasteiger partial charge in [0.15, 0.2) is 0 Å². The normalized spacial score (nSPS) is 15.0. The van der Waals surface area contributed by atoms with Crippen LogP contribution < -0.4 is 10.2 Å². The SMILES string of the molecule is CN1CCN(c2ccc(NC(=O)c3cc4cc([N+](=O)[O-])ccc4[nH]3)cc2)CC1. The number of non-ortho nitro benzene ring substituents is 1. The average Bonchev–Trinajstić information content (AvgIpc) is 3.13. The van der Waals surface area contributed by atoms with Gasteiger partial charge in [0, 0.05) is 60.6 Å². The molecule has 1 fully saturated rings. The van der Waals surface area contributed by atoms with Gasteiger partial charge in [-0.25, -0.2) is 0 Å². The molecule has 144 valence electrons. The number of hydrogen-bond acceptors (Lipinski definition) is 5. The monoisotopic (exact) mass is 379 g/mol. The zero-order chi connectivity index (χ0) is 19.7. The number of nitro benzene ring substituents is 1. The highest BCUT2D eigenvalue weighted by molar-refractivity contribution is 6.06. The lowest BCUT2D eigenvalue weighted by atomic mass is 10.2. The van der Waals surface area contributed by atoms with Gasteiger partial charge in [-0.1, -0.05) is 0 Å². The van der Waals surface area contributed by atoms with Crippen LogP contribution >= 0.6 is 0 Å². The Balaban J connectivity index is 1.46. The summed E-state index contributed by atoms with van der Waals surface area (Å²) in [5.41, 5.74) is 2.88. The van der Waals surface area contributed by atoms with Crippen molar-refractivity contribution in [1.82, 2.24) is 9.88 Å². The molecule has 0 spiro atoms. The molecule has 2 aromatic carbocycles. The number of nitrogens with zero attached hydrogens (tertiary/aromatic N) is 3. The first-order chi connectivity index (χ1) is 13.5. The molecule has 0 unspecified atom stereocenters. The number of anilines is 2. The average molecular weight is 379 g/mol. The Kier molecular flexibility index (Phi) is 4.70. The fourth-order valence-electron chi connectivity index (χ4n) is 3.37. The van der Waals surface area contributed by atoms with E-state index in [1.54, 1.807) is 12.1 Å². The summed E-state index contributed by atoms with van der Waals surface area (Å²) in [6, 6.07) is 13.9. The summed E-state index contributed by atoms with van der Waals surface area (Å²) in [6.45, 7) is 4.06. The van der Waals surface area contributed by atoms with E-state index in [1.807, 2.05) is 24.3 Å². The molecule has 3 aromatic rings. The van der Waals surface area contributed by atoms with Crippen LogP contribution in [0.25, 0.3) is 10.9 Å². The standard InChI is InChI=1S/C20H21N5O3/c1-23-8-10-24(11-9-23)16-4-2-15(3-5-16)21-20(26)19-13-14-12-17(25(27)28)6-7-18(14)22-19/h2-7,12-13,22H,8-11H2,1H3,(H,21,26). The number of H-pyrrole nitrogens is 1. The van der Waals surface area contributed by atoms with Gasteiger partial charge >= 0.3 is 0 Å². The number of aromatic nitrogens is 1. The molecule has 0 saturated carbocycles. The zero-order valence-electron chi connectivity index (χ0n) is 15.5. The van der Waals surface area contributed by atoms with Crippen molar-refractivity contribution < 1.29 is 9.72 Å². The Bertz CT molecular complexity index is 1020. The first-order valence-electron chi connectivity index (χ1n) is 9.12. The summed E-state index contributed by atoms with van der Waals surface area (Å²) < 4.78 is 0. The van der Waals surface area contributed by atoms with Crippen molar-refractivity contribution in [3.05, 3.63) is 64.3 Å². The second-order valence-electron chi connectivity index (χ2n) is 7.00. The van der Waals surface area contributed by atoms with Crippen LogP contribution in [0.4, 0.5) is 17.1 Å². The summed E-state index contributed by atoms with van der Waals surface area (Å²) >= 11 is 0. The second kappa shape index (κ2) is 7.32. The maximum Gasteiger partial charge on any atom is 0.272 e. The third-order valence-corrected chi connectivity index (χ3v) is 5.05. The van der Waals surface area contributed by atoms with Crippen LogP contribution in [0.5, 0.6) is 0 Å². The van der Waals surface area contributed by atoms with Gasteiger partial charge in [0.05, 0.1) is 4.92 Å². The fourth-order valence-corrected chi connectivity index (χ4v) is 3.37. The molecule has 8 nitrogen and oxygen atoms in total. The molecule has 0 bridgehead atoms. The van der Waals surface area contributed by atoms with Crippen LogP contribution in [0.15, 0.2) is 48.5 Å². The van der Waals surface area contributed by atoms with E-state index in [2.05, 4.69) is 27.1 Å². The molecule has 1 aliphatic rings. The number of amides is 1. The van der Waals surface area contributed by atoms with E-state index in [-0.39, 0.29) is 11.6 Å². The summed E-state index contributed by atoms with van der Waals surface area (Å²) in [5.74, 6) is -0.286. The van der Waals surface area contributed by atoms with Gasteiger partial charge in [-0.05, 0) is 43.4 Å². The maximum atomic E-state index is 12.5. The molecular formula is C20H21N5O3. The molecule has 1 aromatic heterocycles. The van der Waals surface area contributed by atoms with Crippen LogP contribution in [-0.2, 0) is 0 Å². The molecule has 4 rings (SSSR count). The maximum absolute atomic E-state index is 12.5. The van der Waals surface area contributed by atoms with Crippen molar-refractivity contribution >= 4 is 33.9 Å². The zero-order valence-corrected chi connectivity index (χ0v) is 15.5. The van der Waals surface area contributed by atoms with Gasteiger partial charge in [-0.3, -0.25) is 14.9 Å². The number of carbonyl (C=O) groups is 1. The summed E-state index contributed by atoms with van der Waals surface area (Å²) in [7, 11) is 2.12.